The lowest BCUT2D eigenvalue weighted by Gasteiger charge is -2.02. The summed E-state index contributed by atoms with van der Waals surface area (Å²) in [5.41, 5.74) is 3.66. The number of aromatic carboxylic acids is 1. The zero-order valence-electron chi connectivity index (χ0n) is 9.82. The van der Waals surface area contributed by atoms with E-state index in [9.17, 15) is 4.79 Å². The molecule has 0 atom stereocenters. The van der Waals surface area contributed by atoms with Crippen molar-refractivity contribution in [3.05, 3.63) is 52.6 Å². The Bertz CT molecular complexity index is 538. The van der Waals surface area contributed by atoms with Gasteiger partial charge in [0.2, 0.25) is 0 Å². The molecule has 0 saturated heterocycles. The van der Waals surface area contributed by atoms with E-state index in [1.807, 2.05) is 13.8 Å². The first-order chi connectivity index (χ1) is 8.04. The highest BCUT2D eigenvalue weighted by Gasteiger charge is 2.07. The Hall–Kier alpha value is -2.10. The van der Waals surface area contributed by atoms with Gasteiger partial charge in [0.1, 0.15) is 11.5 Å². The molecule has 1 aromatic heterocycles. The molecule has 2 N–H and O–H groups in total. The summed E-state index contributed by atoms with van der Waals surface area (Å²) in [6, 6.07) is 6.26. The molecule has 1 aromatic carbocycles. The van der Waals surface area contributed by atoms with Crippen LogP contribution in [-0.4, -0.2) is 21.0 Å². The third kappa shape index (κ3) is 2.72. The second kappa shape index (κ2) is 4.41. The molecular weight excluding hydrogens is 216 g/mol. The molecule has 0 bridgehead atoms. The number of hydrogen-bond acceptors (Lipinski definition) is 2. The van der Waals surface area contributed by atoms with Gasteiger partial charge in [0.25, 0.3) is 0 Å². The quantitative estimate of drug-likeness (QED) is 0.850. The lowest BCUT2D eigenvalue weighted by molar-refractivity contribution is 0.0691. The summed E-state index contributed by atoms with van der Waals surface area (Å²) in [6.45, 7) is 4.09. The first-order valence-electron chi connectivity index (χ1n) is 5.39. The fourth-order valence-corrected chi connectivity index (χ4v) is 1.93. The minimum atomic E-state index is -0.982. The van der Waals surface area contributed by atoms with Gasteiger partial charge in [-0.25, -0.2) is 9.78 Å². The number of H-pyrrole nitrogens is 1. The fraction of sp³-hybridized carbons (Fsp3) is 0.231. The van der Waals surface area contributed by atoms with E-state index in [4.69, 9.17) is 5.11 Å². The number of nitrogens with one attached hydrogen (secondary N) is 1. The highest BCUT2D eigenvalue weighted by Crippen LogP contribution is 2.12. The first kappa shape index (κ1) is 11.4. The number of carboxylic acid groups (broad SMARTS) is 1. The predicted molar refractivity (Wildman–Crippen MR) is 64.3 cm³/mol. The van der Waals surface area contributed by atoms with E-state index in [2.05, 4.69) is 28.2 Å². The molecule has 0 spiro atoms. The van der Waals surface area contributed by atoms with E-state index in [0.717, 1.165) is 5.56 Å². The number of rotatable bonds is 3. The van der Waals surface area contributed by atoms with Crippen molar-refractivity contribution in [1.82, 2.24) is 9.97 Å². The lowest BCUT2D eigenvalue weighted by atomic mass is 10.1. The molecule has 4 heteroatoms. The Morgan fingerprint density at radius 1 is 1.29 bits per heavy atom. The summed E-state index contributed by atoms with van der Waals surface area (Å²) in [4.78, 5) is 17.5. The highest BCUT2D eigenvalue weighted by molar-refractivity contribution is 5.85. The topological polar surface area (TPSA) is 66.0 Å². The van der Waals surface area contributed by atoms with E-state index in [1.165, 1.54) is 17.3 Å². The van der Waals surface area contributed by atoms with Crippen LogP contribution in [0.4, 0.5) is 0 Å². The molecule has 4 nitrogen and oxygen atoms in total. The van der Waals surface area contributed by atoms with Crippen LogP contribution in [0.5, 0.6) is 0 Å². The molecule has 0 fully saturated rings. The van der Waals surface area contributed by atoms with Gasteiger partial charge in [-0.3, -0.25) is 0 Å². The Morgan fingerprint density at radius 2 is 1.94 bits per heavy atom. The zero-order valence-corrected chi connectivity index (χ0v) is 9.82. The molecule has 88 valence electrons. The number of aromatic amines is 1. The third-order valence-corrected chi connectivity index (χ3v) is 2.51. The molecule has 0 unspecified atom stereocenters. The van der Waals surface area contributed by atoms with Gasteiger partial charge in [-0.2, -0.15) is 0 Å². The summed E-state index contributed by atoms with van der Waals surface area (Å²) in [5, 5.41) is 8.78. The van der Waals surface area contributed by atoms with Gasteiger partial charge in [0.15, 0.2) is 0 Å². The number of aryl methyl sites for hydroxylation is 2. The van der Waals surface area contributed by atoms with Gasteiger partial charge >= 0.3 is 5.97 Å². The smallest absolute Gasteiger partial charge is 0.353 e. The molecule has 0 radical (unpaired) electrons. The average molecular weight is 230 g/mol. The molecule has 17 heavy (non-hydrogen) atoms. The molecule has 0 aliphatic heterocycles. The van der Waals surface area contributed by atoms with Crippen LogP contribution in [0, 0.1) is 13.8 Å². The highest BCUT2D eigenvalue weighted by atomic mass is 16.4. The Labute approximate surface area is 99.3 Å². The summed E-state index contributed by atoms with van der Waals surface area (Å²) >= 11 is 0. The number of nitrogens with zero attached hydrogens (tertiary/aromatic N) is 1. The van der Waals surface area contributed by atoms with E-state index in [-0.39, 0.29) is 5.69 Å². The average Bonchev–Trinajstić information content (AvgIpc) is 2.64. The molecule has 0 aliphatic carbocycles. The summed E-state index contributed by atoms with van der Waals surface area (Å²) in [6.07, 6.45) is 1.97. The Balaban J connectivity index is 2.22. The Kier molecular flexibility index (Phi) is 2.95. The van der Waals surface area contributed by atoms with Crippen LogP contribution in [0.3, 0.4) is 0 Å². The van der Waals surface area contributed by atoms with Crippen molar-refractivity contribution < 1.29 is 9.90 Å². The van der Waals surface area contributed by atoms with Crippen molar-refractivity contribution in [3.8, 4) is 0 Å². The molecule has 0 aliphatic rings. The van der Waals surface area contributed by atoms with Crippen molar-refractivity contribution in [3.63, 3.8) is 0 Å². The second-order valence-electron chi connectivity index (χ2n) is 4.22. The summed E-state index contributed by atoms with van der Waals surface area (Å²) in [7, 11) is 0. The minimum Gasteiger partial charge on any atom is -0.477 e. The zero-order chi connectivity index (χ0) is 12.4. The van der Waals surface area contributed by atoms with E-state index in [1.54, 1.807) is 0 Å². The molecular formula is C13H14N2O2. The van der Waals surface area contributed by atoms with Crippen LogP contribution in [0.15, 0.2) is 24.4 Å². The maximum atomic E-state index is 10.7. The van der Waals surface area contributed by atoms with Gasteiger partial charge in [-0.1, -0.05) is 29.3 Å². The van der Waals surface area contributed by atoms with Gasteiger partial charge in [0, 0.05) is 6.42 Å². The van der Waals surface area contributed by atoms with Crippen molar-refractivity contribution >= 4 is 5.97 Å². The van der Waals surface area contributed by atoms with Crippen LogP contribution in [-0.2, 0) is 6.42 Å². The lowest BCUT2D eigenvalue weighted by Crippen LogP contribution is -1.97. The van der Waals surface area contributed by atoms with Crippen LogP contribution in [0.2, 0.25) is 0 Å². The van der Waals surface area contributed by atoms with Crippen LogP contribution in [0.25, 0.3) is 0 Å². The normalized spacial score (nSPS) is 10.5. The van der Waals surface area contributed by atoms with Crippen molar-refractivity contribution in [2.75, 3.05) is 0 Å². The number of carboxylic acids is 1. The monoisotopic (exact) mass is 230 g/mol. The number of aromatic nitrogens is 2. The van der Waals surface area contributed by atoms with Crippen LogP contribution in [0.1, 0.15) is 33.0 Å². The summed E-state index contributed by atoms with van der Waals surface area (Å²) in [5.74, 6) is -0.309. The van der Waals surface area contributed by atoms with Crippen molar-refractivity contribution in [1.29, 1.82) is 0 Å². The van der Waals surface area contributed by atoms with Crippen molar-refractivity contribution in [2.45, 2.75) is 20.3 Å². The van der Waals surface area contributed by atoms with Crippen LogP contribution < -0.4 is 0 Å². The van der Waals surface area contributed by atoms with Gasteiger partial charge in [0.05, 0.1) is 6.20 Å². The Morgan fingerprint density at radius 3 is 2.47 bits per heavy atom. The first-order valence-corrected chi connectivity index (χ1v) is 5.39. The van der Waals surface area contributed by atoms with E-state index < -0.39 is 5.97 Å². The SMILES string of the molecule is Cc1cc(C)cc(Cc2ncc(C(=O)O)[nH]2)c1. The van der Waals surface area contributed by atoms with Crippen LogP contribution >= 0.6 is 0 Å². The predicted octanol–water partition coefficient (Wildman–Crippen LogP) is 2.32. The fourth-order valence-electron chi connectivity index (χ4n) is 1.93. The molecule has 0 amide bonds. The molecule has 1 heterocycles. The second-order valence-corrected chi connectivity index (χ2v) is 4.22. The minimum absolute atomic E-state index is 0.129. The maximum absolute atomic E-state index is 10.7. The molecule has 0 saturated carbocycles. The van der Waals surface area contributed by atoms with Gasteiger partial charge < -0.3 is 10.1 Å². The molecule has 2 rings (SSSR count). The third-order valence-electron chi connectivity index (χ3n) is 2.51. The number of hydrogen-bond donors (Lipinski definition) is 2. The number of imidazole rings is 1. The number of carbonyl (C=O) groups is 1. The standard InChI is InChI=1S/C13H14N2O2/c1-8-3-9(2)5-10(4-8)6-12-14-7-11(15-12)13(16)17/h3-5,7H,6H2,1-2H3,(H,14,15)(H,16,17). The van der Waals surface area contributed by atoms with E-state index in [0.29, 0.717) is 12.2 Å². The van der Waals surface area contributed by atoms with Gasteiger partial charge in [-0.15, -0.1) is 0 Å². The van der Waals surface area contributed by atoms with Crippen molar-refractivity contribution in [2.24, 2.45) is 0 Å². The molecule has 2 aromatic rings. The van der Waals surface area contributed by atoms with Gasteiger partial charge in [-0.05, 0) is 19.4 Å². The summed E-state index contributed by atoms with van der Waals surface area (Å²) < 4.78 is 0. The largest absolute Gasteiger partial charge is 0.477 e. The number of benzene rings is 1. The maximum Gasteiger partial charge on any atom is 0.353 e. The van der Waals surface area contributed by atoms with E-state index >= 15 is 0 Å².